The second kappa shape index (κ2) is 6.71. The van der Waals surface area contributed by atoms with E-state index in [1.54, 1.807) is 7.11 Å². The lowest BCUT2D eigenvalue weighted by atomic mass is 10.1. The number of carbonyl (C=O) groups is 1. The molecule has 0 saturated heterocycles. The molecule has 0 saturated carbocycles. The standard InChI is InChI=1S/C20H20N2O2/c1-4-14-7-5-6-8-18(14)22-20(23)17-12-15-11-16(24-3)9-10-19(15)21-13(17)2/h5-12H,4H2,1-3H3,(H,22,23). The number of methoxy groups -OCH3 is 1. The second-order valence-electron chi connectivity index (χ2n) is 5.64. The number of fused-ring (bicyclic) bond motifs is 1. The van der Waals surface area contributed by atoms with Crippen LogP contribution in [0.1, 0.15) is 28.5 Å². The van der Waals surface area contributed by atoms with Crippen LogP contribution in [0.5, 0.6) is 5.75 Å². The summed E-state index contributed by atoms with van der Waals surface area (Å²) in [4.78, 5) is 17.3. The van der Waals surface area contributed by atoms with Crippen molar-refractivity contribution in [3.8, 4) is 5.75 Å². The normalized spacial score (nSPS) is 10.6. The van der Waals surface area contributed by atoms with Crippen molar-refractivity contribution >= 4 is 22.5 Å². The molecule has 1 heterocycles. The van der Waals surface area contributed by atoms with Crippen LogP contribution >= 0.6 is 0 Å². The van der Waals surface area contributed by atoms with Crippen molar-refractivity contribution in [3.05, 3.63) is 65.4 Å². The van der Waals surface area contributed by atoms with Crippen molar-refractivity contribution in [1.82, 2.24) is 4.98 Å². The summed E-state index contributed by atoms with van der Waals surface area (Å²) in [5, 5.41) is 3.88. The Balaban J connectivity index is 1.98. The minimum absolute atomic E-state index is 0.148. The Kier molecular flexibility index (Phi) is 4.47. The molecule has 24 heavy (non-hydrogen) atoms. The summed E-state index contributed by atoms with van der Waals surface area (Å²) in [5.41, 5.74) is 4.08. The molecule has 3 aromatic rings. The fourth-order valence-corrected chi connectivity index (χ4v) is 2.75. The average Bonchev–Trinajstić information content (AvgIpc) is 2.61. The van der Waals surface area contributed by atoms with Crippen molar-refractivity contribution in [2.24, 2.45) is 0 Å². The van der Waals surface area contributed by atoms with E-state index in [2.05, 4.69) is 17.2 Å². The van der Waals surface area contributed by atoms with Crippen molar-refractivity contribution in [2.75, 3.05) is 12.4 Å². The highest BCUT2D eigenvalue weighted by Gasteiger charge is 2.13. The van der Waals surface area contributed by atoms with Crippen LogP contribution in [0.4, 0.5) is 5.69 Å². The number of amides is 1. The maximum Gasteiger partial charge on any atom is 0.257 e. The van der Waals surface area contributed by atoms with E-state index in [1.807, 2.05) is 55.5 Å². The van der Waals surface area contributed by atoms with E-state index in [0.717, 1.165) is 34.3 Å². The maximum absolute atomic E-state index is 12.7. The van der Waals surface area contributed by atoms with Crippen LogP contribution in [0.15, 0.2) is 48.5 Å². The number of anilines is 1. The molecule has 2 aromatic carbocycles. The van der Waals surface area contributed by atoms with Gasteiger partial charge >= 0.3 is 0 Å². The third kappa shape index (κ3) is 3.08. The summed E-state index contributed by atoms with van der Waals surface area (Å²) in [7, 11) is 1.62. The predicted molar refractivity (Wildman–Crippen MR) is 96.8 cm³/mol. The quantitative estimate of drug-likeness (QED) is 0.777. The zero-order chi connectivity index (χ0) is 17.1. The number of hydrogen-bond donors (Lipinski definition) is 1. The maximum atomic E-state index is 12.7. The minimum atomic E-state index is -0.148. The van der Waals surface area contributed by atoms with Gasteiger partial charge in [-0.3, -0.25) is 9.78 Å². The Morgan fingerprint density at radius 3 is 2.71 bits per heavy atom. The molecule has 0 unspecified atom stereocenters. The number of aromatic nitrogens is 1. The molecule has 4 nitrogen and oxygen atoms in total. The molecule has 1 amide bonds. The smallest absolute Gasteiger partial charge is 0.257 e. The van der Waals surface area contributed by atoms with Gasteiger partial charge < -0.3 is 10.1 Å². The van der Waals surface area contributed by atoms with Crippen LogP contribution < -0.4 is 10.1 Å². The van der Waals surface area contributed by atoms with Gasteiger partial charge in [0.2, 0.25) is 0 Å². The second-order valence-corrected chi connectivity index (χ2v) is 5.64. The molecule has 0 atom stereocenters. The molecule has 0 radical (unpaired) electrons. The molecule has 1 aromatic heterocycles. The lowest BCUT2D eigenvalue weighted by molar-refractivity contribution is 0.102. The van der Waals surface area contributed by atoms with Gasteiger partial charge in [-0.15, -0.1) is 0 Å². The Morgan fingerprint density at radius 1 is 1.17 bits per heavy atom. The monoisotopic (exact) mass is 320 g/mol. The Bertz CT molecular complexity index is 903. The first-order valence-electron chi connectivity index (χ1n) is 7.97. The largest absolute Gasteiger partial charge is 0.497 e. The molecule has 4 heteroatoms. The number of carbonyl (C=O) groups excluding carboxylic acids is 1. The van der Waals surface area contributed by atoms with Gasteiger partial charge in [-0.1, -0.05) is 25.1 Å². The van der Waals surface area contributed by atoms with Crippen LogP contribution in [-0.2, 0) is 6.42 Å². The van der Waals surface area contributed by atoms with Crippen molar-refractivity contribution < 1.29 is 9.53 Å². The van der Waals surface area contributed by atoms with Crippen LogP contribution in [0.3, 0.4) is 0 Å². The van der Waals surface area contributed by atoms with E-state index in [0.29, 0.717) is 11.3 Å². The number of pyridine rings is 1. The molecular formula is C20H20N2O2. The Morgan fingerprint density at radius 2 is 1.96 bits per heavy atom. The fourth-order valence-electron chi connectivity index (χ4n) is 2.75. The lowest BCUT2D eigenvalue weighted by Gasteiger charge is -2.12. The number of ether oxygens (including phenoxy) is 1. The minimum Gasteiger partial charge on any atom is -0.497 e. The van der Waals surface area contributed by atoms with Gasteiger partial charge in [0, 0.05) is 11.1 Å². The van der Waals surface area contributed by atoms with E-state index >= 15 is 0 Å². The van der Waals surface area contributed by atoms with Crippen LogP contribution in [0, 0.1) is 6.92 Å². The van der Waals surface area contributed by atoms with Crippen molar-refractivity contribution in [3.63, 3.8) is 0 Å². The molecule has 3 rings (SSSR count). The highest BCUT2D eigenvalue weighted by atomic mass is 16.5. The van der Waals surface area contributed by atoms with Gasteiger partial charge in [0.05, 0.1) is 23.9 Å². The van der Waals surface area contributed by atoms with E-state index < -0.39 is 0 Å². The van der Waals surface area contributed by atoms with Crippen LogP contribution in [-0.4, -0.2) is 18.0 Å². The molecule has 122 valence electrons. The predicted octanol–water partition coefficient (Wildman–Crippen LogP) is 4.37. The highest BCUT2D eigenvalue weighted by Crippen LogP contribution is 2.23. The molecule has 0 aliphatic carbocycles. The van der Waals surface area contributed by atoms with Gasteiger partial charge in [0.15, 0.2) is 0 Å². The Labute approximate surface area is 141 Å². The van der Waals surface area contributed by atoms with Crippen LogP contribution in [0.25, 0.3) is 10.9 Å². The van der Waals surface area contributed by atoms with Gasteiger partial charge in [0.25, 0.3) is 5.91 Å². The zero-order valence-corrected chi connectivity index (χ0v) is 14.1. The molecule has 1 N–H and O–H groups in total. The Hall–Kier alpha value is -2.88. The molecular weight excluding hydrogens is 300 g/mol. The summed E-state index contributed by atoms with van der Waals surface area (Å²) < 4.78 is 5.25. The first-order chi connectivity index (χ1) is 11.6. The molecule has 0 aliphatic rings. The van der Waals surface area contributed by atoms with E-state index in [1.165, 1.54) is 0 Å². The van der Waals surface area contributed by atoms with Gasteiger partial charge in [-0.05, 0) is 49.2 Å². The SMILES string of the molecule is CCc1ccccc1NC(=O)c1cc2cc(OC)ccc2nc1C. The first kappa shape index (κ1) is 16.0. The summed E-state index contributed by atoms with van der Waals surface area (Å²) in [6.07, 6.45) is 0.864. The number of aryl methyl sites for hydroxylation is 2. The first-order valence-corrected chi connectivity index (χ1v) is 7.97. The third-order valence-corrected chi connectivity index (χ3v) is 4.10. The molecule has 0 bridgehead atoms. The lowest BCUT2D eigenvalue weighted by Crippen LogP contribution is -2.15. The number of nitrogens with zero attached hydrogens (tertiary/aromatic N) is 1. The van der Waals surface area contributed by atoms with E-state index in [-0.39, 0.29) is 5.91 Å². The number of hydrogen-bond acceptors (Lipinski definition) is 3. The van der Waals surface area contributed by atoms with Gasteiger partial charge in [-0.2, -0.15) is 0 Å². The molecule has 0 aliphatic heterocycles. The van der Waals surface area contributed by atoms with Gasteiger partial charge in [0.1, 0.15) is 5.75 Å². The third-order valence-electron chi connectivity index (χ3n) is 4.10. The molecule has 0 fully saturated rings. The summed E-state index contributed by atoms with van der Waals surface area (Å²) in [6.45, 7) is 3.92. The number of para-hydroxylation sites is 1. The topological polar surface area (TPSA) is 51.2 Å². The van der Waals surface area contributed by atoms with Crippen molar-refractivity contribution in [2.45, 2.75) is 20.3 Å². The van der Waals surface area contributed by atoms with Gasteiger partial charge in [-0.25, -0.2) is 0 Å². The number of benzene rings is 2. The zero-order valence-electron chi connectivity index (χ0n) is 14.1. The summed E-state index contributed by atoms with van der Waals surface area (Å²) in [6, 6.07) is 15.4. The summed E-state index contributed by atoms with van der Waals surface area (Å²) >= 11 is 0. The highest BCUT2D eigenvalue weighted by molar-refractivity contribution is 6.07. The summed E-state index contributed by atoms with van der Waals surface area (Å²) in [5.74, 6) is 0.599. The van der Waals surface area contributed by atoms with E-state index in [9.17, 15) is 4.79 Å². The average molecular weight is 320 g/mol. The van der Waals surface area contributed by atoms with E-state index in [4.69, 9.17) is 4.74 Å². The fraction of sp³-hybridized carbons (Fsp3) is 0.200. The number of nitrogens with one attached hydrogen (secondary N) is 1. The van der Waals surface area contributed by atoms with Crippen LogP contribution in [0.2, 0.25) is 0 Å². The van der Waals surface area contributed by atoms with Crippen molar-refractivity contribution in [1.29, 1.82) is 0 Å². The number of rotatable bonds is 4. The molecule has 0 spiro atoms.